The Hall–Kier alpha value is -2.11. The molecule has 0 unspecified atom stereocenters. The molecule has 20 heavy (non-hydrogen) atoms. The number of rotatable bonds is 6. The summed E-state index contributed by atoms with van der Waals surface area (Å²) in [7, 11) is 0. The van der Waals surface area contributed by atoms with Crippen LogP contribution in [0.2, 0.25) is 0 Å². The van der Waals surface area contributed by atoms with Crippen LogP contribution in [0.5, 0.6) is 0 Å². The Kier molecular flexibility index (Phi) is 5.96. The molecule has 6 heteroatoms. The molecular weight excluding hydrogens is 260 g/mol. The third-order valence-electron chi connectivity index (χ3n) is 2.76. The van der Waals surface area contributed by atoms with E-state index in [1.165, 1.54) is 6.07 Å². The summed E-state index contributed by atoms with van der Waals surface area (Å²) >= 11 is 0. The number of hydrogen-bond acceptors (Lipinski definition) is 4. The van der Waals surface area contributed by atoms with Crippen LogP contribution in [0.25, 0.3) is 0 Å². The standard InChI is InChI=1S/C14H20N2O4/c1-4-20-12(17)8-6-10(3)16-14(19)11-7-5-9(2)15-13(11)18/h5,7,10H,4,6,8H2,1-3H3,(H,15,18)(H,16,19)/t10-/m0/s1. The molecule has 0 saturated carbocycles. The SMILES string of the molecule is CCOC(=O)CC[C@H](C)NC(=O)c1ccc(C)[nH]c1=O. The molecule has 1 atom stereocenters. The molecule has 0 aliphatic rings. The molecule has 1 rings (SSSR count). The Labute approximate surface area is 117 Å². The first-order valence-electron chi connectivity index (χ1n) is 6.60. The molecule has 1 aromatic heterocycles. The quantitative estimate of drug-likeness (QED) is 0.765. The number of amides is 1. The fourth-order valence-electron chi connectivity index (χ4n) is 1.69. The monoisotopic (exact) mass is 280 g/mol. The second-order valence-corrected chi connectivity index (χ2v) is 4.60. The third kappa shape index (κ3) is 4.87. The summed E-state index contributed by atoms with van der Waals surface area (Å²) in [5.74, 6) is -0.732. The lowest BCUT2D eigenvalue weighted by Crippen LogP contribution is -2.36. The van der Waals surface area contributed by atoms with Gasteiger partial charge in [0.05, 0.1) is 6.61 Å². The Morgan fingerprint density at radius 3 is 2.70 bits per heavy atom. The summed E-state index contributed by atoms with van der Waals surface area (Å²) in [6.45, 7) is 5.61. The maximum Gasteiger partial charge on any atom is 0.305 e. The maximum atomic E-state index is 11.9. The van der Waals surface area contributed by atoms with E-state index in [-0.39, 0.29) is 24.0 Å². The second-order valence-electron chi connectivity index (χ2n) is 4.60. The lowest BCUT2D eigenvalue weighted by molar-refractivity contribution is -0.143. The normalized spacial score (nSPS) is 11.8. The molecule has 0 aliphatic heterocycles. The average molecular weight is 280 g/mol. The molecule has 6 nitrogen and oxygen atoms in total. The Morgan fingerprint density at radius 2 is 2.10 bits per heavy atom. The van der Waals surface area contributed by atoms with Crippen LogP contribution >= 0.6 is 0 Å². The van der Waals surface area contributed by atoms with Gasteiger partial charge in [0.2, 0.25) is 0 Å². The second kappa shape index (κ2) is 7.47. The van der Waals surface area contributed by atoms with E-state index < -0.39 is 11.5 Å². The number of aryl methyl sites for hydroxylation is 1. The van der Waals surface area contributed by atoms with Crippen LogP contribution < -0.4 is 10.9 Å². The molecule has 0 fully saturated rings. The average Bonchev–Trinajstić information content (AvgIpc) is 2.36. The van der Waals surface area contributed by atoms with Crippen LogP contribution in [0, 0.1) is 6.92 Å². The lowest BCUT2D eigenvalue weighted by Gasteiger charge is -2.13. The Morgan fingerprint density at radius 1 is 1.40 bits per heavy atom. The molecule has 1 amide bonds. The van der Waals surface area contributed by atoms with Gasteiger partial charge in [0, 0.05) is 18.2 Å². The van der Waals surface area contributed by atoms with Gasteiger partial charge >= 0.3 is 5.97 Å². The van der Waals surface area contributed by atoms with Crippen molar-refractivity contribution in [1.29, 1.82) is 0 Å². The zero-order valence-corrected chi connectivity index (χ0v) is 12.0. The van der Waals surface area contributed by atoms with Crippen molar-refractivity contribution in [2.45, 2.75) is 39.7 Å². The number of hydrogen-bond donors (Lipinski definition) is 2. The van der Waals surface area contributed by atoms with Gasteiger partial charge in [-0.25, -0.2) is 0 Å². The van der Waals surface area contributed by atoms with E-state index in [1.807, 2.05) is 0 Å². The molecule has 2 N–H and O–H groups in total. The van der Waals surface area contributed by atoms with Crippen molar-refractivity contribution in [2.24, 2.45) is 0 Å². The zero-order chi connectivity index (χ0) is 15.1. The molecule has 0 bridgehead atoms. The minimum atomic E-state index is -0.442. The molecule has 0 aromatic carbocycles. The highest BCUT2D eigenvalue weighted by atomic mass is 16.5. The molecule has 0 spiro atoms. The van der Waals surface area contributed by atoms with Crippen molar-refractivity contribution in [3.63, 3.8) is 0 Å². The Bertz CT molecular complexity index is 536. The minimum absolute atomic E-state index is 0.0681. The van der Waals surface area contributed by atoms with Crippen LogP contribution in [-0.4, -0.2) is 29.5 Å². The predicted octanol–water partition coefficient (Wildman–Crippen LogP) is 1.14. The smallest absolute Gasteiger partial charge is 0.305 e. The molecule has 110 valence electrons. The van der Waals surface area contributed by atoms with Crippen molar-refractivity contribution >= 4 is 11.9 Å². The molecule has 1 aromatic rings. The highest BCUT2D eigenvalue weighted by Gasteiger charge is 2.14. The lowest BCUT2D eigenvalue weighted by atomic mass is 10.1. The summed E-state index contributed by atoms with van der Waals surface area (Å²) < 4.78 is 4.81. The Balaban J connectivity index is 2.53. The van der Waals surface area contributed by atoms with Gasteiger partial charge in [0.25, 0.3) is 11.5 Å². The fraction of sp³-hybridized carbons (Fsp3) is 0.500. The number of pyridine rings is 1. The van der Waals surface area contributed by atoms with Gasteiger partial charge in [0.1, 0.15) is 5.56 Å². The first kappa shape index (κ1) is 15.9. The number of H-pyrrole nitrogens is 1. The molecule has 1 heterocycles. The summed E-state index contributed by atoms with van der Waals surface area (Å²) in [5, 5.41) is 2.69. The van der Waals surface area contributed by atoms with E-state index >= 15 is 0 Å². The maximum absolute atomic E-state index is 11.9. The number of aromatic amines is 1. The minimum Gasteiger partial charge on any atom is -0.466 e. The molecule has 0 aliphatic carbocycles. The highest BCUT2D eigenvalue weighted by Crippen LogP contribution is 2.01. The van der Waals surface area contributed by atoms with E-state index in [9.17, 15) is 14.4 Å². The summed E-state index contributed by atoms with van der Waals surface area (Å²) in [6, 6.07) is 2.94. The fourth-order valence-corrected chi connectivity index (χ4v) is 1.69. The van der Waals surface area contributed by atoms with Gasteiger partial charge in [-0.2, -0.15) is 0 Å². The molecular formula is C14H20N2O4. The van der Waals surface area contributed by atoms with E-state index in [0.717, 1.165) is 0 Å². The van der Waals surface area contributed by atoms with Crippen LogP contribution in [0.3, 0.4) is 0 Å². The van der Waals surface area contributed by atoms with Gasteiger partial charge < -0.3 is 15.0 Å². The van der Waals surface area contributed by atoms with Gasteiger partial charge in [-0.05, 0) is 39.3 Å². The number of carbonyl (C=O) groups excluding carboxylic acids is 2. The third-order valence-corrected chi connectivity index (χ3v) is 2.76. The first-order chi connectivity index (χ1) is 9.43. The number of esters is 1. The zero-order valence-electron chi connectivity index (χ0n) is 12.0. The predicted molar refractivity (Wildman–Crippen MR) is 74.6 cm³/mol. The van der Waals surface area contributed by atoms with Crippen LogP contribution in [0.4, 0.5) is 0 Å². The summed E-state index contributed by atoms with van der Waals surface area (Å²) in [6.07, 6.45) is 0.702. The van der Waals surface area contributed by atoms with Crippen LogP contribution in [-0.2, 0) is 9.53 Å². The van der Waals surface area contributed by atoms with E-state index in [1.54, 1.807) is 26.8 Å². The van der Waals surface area contributed by atoms with Crippen molar-refractivity contribution in [2.75, 3.05) is 6.61 Å². The summed E-state index contributed by atoms with van der Waals surface area (Å²) in [5.41, 5.74) is 0.348. The van der Waals surface area contributed by atoms with Gasteiger partial charge in [0.15, 0.2) is 0 Å². The topological polar surface area (TPSA) is 88.3 Å². The van der Waals surface area contributed by atoms with Crippen LogP contribution in [0.1, 0.15) is 42.7 Å². The van der Waals surface area contributed by atoms with Crippen molar-refractivity contribution in [1.82, 2.24) is 10.3 Å². The van der Waals surface area contributed by atoms with Crippen molar-refractivity contribution in [3.8, 4) is 0 Å². The number of carbonyl (C=O) groups is 2. The van der Waals surface area contributed by atoms with E-state index in [2.05, 4.69) is 10.3 Å². The van der Waals surface area contributed by atoms with Crippen LogP contribution in [0.15, 0.2) is 16.9 Å². The number of aromatic nitrogens is 1. The van der Waals surface area contributed by atoms with Crippen molar-refractivity contribution in [3.05, 3.63) is 33.7 Å². The van der Waals surface area contributed by atoms with E-state index in [0.29, 0.717) is 18.7 Å². The molecule has 0 saturated heterocycles. The highest BCUT2D eigenvalue weighted by molar-refractivity contribution is 5.93. The van der Waals surface area contributed by atoms with Gasteiger partial charge in [-0.3, -0.25) is 14.4 Å². The number of ether oxygens (including phenoxy) is 1. The van der Waals surface area contributed by atoms with Crippen molar-refractivity contribution < 1.29 is 14.3 Å². The van der Waals surface area contributed by atoms with Gasteiger partial charge in [-0.1, -0.05) is 0 Å². The van der Waals surface area contributed by atoms with E-state index in [4.69, 9.17) is 4.74 Å². The summed E-state index contributed by atoms with van der Waals surface area (Å²) in [4.78, 5) is 37.3. The molecule has 0 radical (unpaired) electrons. The van der Waals surface area contributed by atoms with Gasteiger partial charge in [-0.15, -0.1) is 0 Å². The largest absolute Gasteiger partial charge is 0.466 e. The number of nitrogens with one attached hydrogen (secondary N) is 2. The first-order valence-corrected chi connectivity index (χ1v) is 6.60.